The molecule has 0 aliphatic rings. The summed E-state index contributed by atoms with van der Waals surface area (Å²) in [6.45, 7) is 2.95. The van der Waals surface area contributed by atoms with Crippen LogP contribution in [0.2, 0.25) is 0 Å². The first-order valence-electron chi connectivity index (χ1n) is 13.9. The summed E-state index contributed by atoms with van der Waals surface area (Å²) in [6, 6.07) is 23.2. The lowest BCUT2D eigenvalue weighted by Gasteiger charge is -2.10. The van der Waals surface area contributed by atoms with Crippen LogP contribution >= 0.6 is 0 Å². The maximum absolute atomic E-state index is 13.0. The molecule has 0 unspecified atom stereocenters. The largest absolute Gasteiger partial charge is 0.494 e. The number of benzene rings is 3. The quantitative estimate of drug-likeness (QED) is 0.134. The van der Waals surface area contributed by atoms with Crippen LogP contribution in [0.5, 0.6) is 5.75 Å². The van der Waals surface area contributed by atoms with E-state index < -0.39 is 5.97 Å². The summed E-state index contributed by atoms with van der Waals surface area (Å²) in [5.41, 5.74) is 1.75. The zero-order chi connectivity index (χ0) is 28.2. The highest BCUT2D eigenvalue weighted by molar-refractivity contribution is 6.08. The number of para-hydroxylation sites is 1. The average molecular weight is 542 g/mol. The number of unbranched alkanes of at least 4 members (excludes halogenated alkanes) is 4. The molecule has 4 rings (SSSR count). The van der Waals surface area contributed by atoms with E-state index in [-0.39, 0.29) is 40.4 Å². The minimum absolute atomic E-state index is 0.122. The highest BCUT2D eigenvalue weighted by Crippen LogP contribution is 2.24. The van der Waals surface area contributed by atoms with Gasteiger partial charge in [-0.2, -0.15) is 0 Å². The van der Waals surface area contributed by atoms with Crippen LogP contribution in [0.25, 0.3) is 11.0 Å². The number of esters is 1. The molecular weight excluding hydrogens is 506 g/mol. The number of amides is 1. The Balaban J connectivity index is 1.34. The Morgan fingerprint density at radius 3 is 2.38 bits per heavy atom. The van der Waals surface area contributed by atoms with Crippen molar-refractivity contribution < 1.29 is 23.5 Å². The van der Waals surface area contributed by atoms with Gasteiger partial charge in [-0.3, -0.25) is 9.59 Å². The highest BCUT2D eigenvalue weighted by atomic mass is 16.5. The van der Waals surface area contributed by atoms with E-state index in [0.29, 0.717) is 17.9 Å². The van der Waals surface area contributed by atoms with Crippen molar-refractivity contribution in [2.75, 3.05) is 18.5 Å². The Hall–Kier alpha value is -4.39. The zero-order valence-electron chi connectivity index (χ0n) is 22.8. The molecule has 0 spiro atoms. The van der Waals surface area contributed by atoms with Crippen molar-refractivity contribution in [3.8, 4) is 5.75 Å². The molecule has 3 aromatic carbocycles. The van der Waals surface area contributed by atoms with Gasteiger partial charge in [0, 0.05) is 11.6 Å². The van der Waals surface area contributed by atoms with Gasteiger partial charge in [-0.05, 0) is 67.6 Å². The van der Waals surface area contributed by atoms with Crippen LogP contribution in [0, 0.1) is 0 Å². The van der Waals surface area contributed by atoms with Gasteiger partial charge >= 0.3 is 5.97 Å². The molecule has 0 atom stereocenters. The predicted molar refractivity (Wildman–Crippen MR) is 156 cm³/mol. The first-order valence-corrected chi connectivity index (χ1v) is 13.9. The molecular formula is C33H35NO6. The molecule has 1 heterocycles. The summed E-state index contributed by atoms with van der Waals surface area (Å²) in [6.07, 6.45) is 6.83. The molecule has 0 bridgehead atoms. The third-order valence-corrected chi connectivity index (χ3v) is 6.52. The van der Waals surface area contributed by atoms with Crippen molar-refractivity contribution >= 4 is 28.5 Å². The smallest absolute Gasteiger partial charge is 0.374 e. The van der Waals surface area contributed by atoms with Crippen molar-refractivity contribution in [1.82, 2.24) is 0 Å². The minimum Gasteiger partial charge on any atom is -0.494 e. The van der Waals surface area contributed by atoms with Gasteiger partial charge in [0.25, 0.3) is 5.91 Å². The second-order valence-electron chi connectivity index (χ2n) is 9.62. The normalized spacial score (nSPS) is 10.8. The lowest BCUT2D eigenvalue weighted by molar-refractivity contribution is 0.0462. The number of rotatable bonds is 14. The van der Waals surface area contributed by atoms with Gasteiger partial charge < -0.3 is 19.2 Å². The molecule has 1 aromatic heterocycles. The summed E-state index contributed by atoms with van der Waals surface area (Å²) >= 11 is 0. The van der Waals surface area contributed by atoms with E-state index in [9.17, 15) is 14.4 Å². The molecule has 7 nitrogen and oxygen atoms in total. The summed E-state index contributed by atoms with van der Waals surface area (Å²) in [5.74, 6) is -0.592. The molecule has 0 aliphatic carbocycles. The molecule has 40 heavy (non-hydrogen) atoms. The second-order valence-corrected chi connectivity index (χ2v) is 9.62. The van der Waals surface area contributed by atoms with Crippen molar-refractivity contribution in [3.63, 3.8) is 0 Å². The number of hydrogen-bond acceptors (Lipinski definition) is 6. The number of aryl methyl sites for hydroxylation is 1. The molecule has 4 aromatic rings. The summed E-state index contributed by atoms with van der Waals surface area (Å²) in [5, 5.41) is 3.05. The second kappa shape index (κ2) is 14.7. The van der Waals surface area contributed by atoms with E-state index >= 15 is 0 Å². The molecule has 0 saturated carbocycles. The molecule has 1 amide bonds. The summed E-state index contributed by atoms with van der Waals surface area (Å²) in [4.78, 5) is 38.1. The number of ether oxygens (including phenoxy) is 2. The minimum atomic E-state index is -0.702. The lowest BCUT2D eigenvalue weighted by atomic mass is 10.1. The number of nitrogens with one attached hydrogen (secondary N) is 1. The van der Waals surface area contributed by atoms with Gasteiger partial charge in [0.15, 0.2) is 11.0 Å². The molecule has 7 heteroatoms. The first kappa shape index (κ1) is 28.6. The van der Waals surface area contributed by atoms with Crippen LogP contribution in [0.4, 0.5) is 5.69 Å². The number of carbonyl (C=O) groups is 2. The van der Waals surface area contributed by atoms with E-state index in [1.807, 2.05) is 18.2 Å². The number of fused-ring (bicyclic) bond motifs is 1. The van der Waals surface area contributed by atoms with E-state index in [1.54, 1.807) is 42.5 Å². The monoisotopic (exact) mass is 541 g/mol. The fourth-order valence-corrected chi connectivity index (χ4v) is 4.30. The summed E-state index contributed by atoms with van der Waals surface area (Å²) in [7, 11) is 0. The van der Waals surface area contributed by atoms with Crippen LogP contribution in [-0.4, -0.2) is 25.1 Å². The third-order valence-electron chi connectivity index (χ3n) is 6.52. The Morgan fingerprint density at radius 1 is 0.825 bits per heavy atom. The van der Waals surface area contributed by atoms with Crippen LogP contribution in [0.1, 0.15) is 71.9 Å². The van der Waals surface area contributed by atoms with Crippen molar-refractivity contribution in [1.29, 1.82) is 0 Å². The van der Waals surface area contributed by atoms with Gasteiger partial charge in [0.1, 0.15) is 5.75 Å². The van der Waals surface area contributed by atoms with E-state index in [2.05, 4.69) is 24.4 Å². The van der Waals surface area contributed by atoms with Gasteiger partial charge in [0.05, 0.1) is 24.3 Å². The topological polar surface area (TPSA) is 94.8 Å². The summed E-state index contributed by atoms with van der Waals surface area (Å²) < 4.78 is 16.8. The predicted octanol–water partition coefficient (Wildman–Crippen LogP) is 7.18. The van der Waals surface area contributed by atoms with Crippen molar-refractivity contribution in [2.24, 2.45) is 0 Å². The molecule has 1 N–H and O–H groups in total. The van der Waals surface area contributed by atoms with E-state index in [4.69, 9.17) is 13.9 Å². The average Bonchev–Trinajstić information content (AvgIpc) is 2.98. The van der Waals surface area contributed by atoms with Crippen LogP contribution in [0.15, 0.2) is 88.1 Å². The van der Waals surface area contributed by atoms with Gasteiger partial charge in [-0.25, -0.2) is 4.79 Å². The molecule has 0 fully saturated rings. The van der Waals surface area contributed by atoms with E-state index in [1.165, 1.54) is 5.56 Å². The number of anilines is 1. The number of carbonyl (C=O) groups excluding carboxylic acids is 2. The molecule has 208 valence electrons. The van der Waals surface area contributed by atoms with Crippen LogP contribution in [-0.2, 0) is 11.2 Å². The Morgan fingerprint density at radius 2 is 1.60 bits per heavy atom. The Bertz CT molecular complexity index is 1460. The Labute approximate surface area is 234 Å². The fourth-order valence-electron chi connectivity index (χ4n) is 4.30. The Kier molecular flexibility index (Phi) is 10.5. The molecule has 0 radical (unpaired) electrons. The lowest BCUT2D eigenvalue weighted by Crippen LogP contribution is -2.14. The first-order chi connectivity index (χ1) is 19.5. The van der Waals surface area contributed by atoms with E-state index in [0.717, 1.165) is 51.0 Å². The maximum Gasteiger partial charge on any atom is 0.374 e. The van der Waals surface area contributed by atoms with Gasteiger partial charge in [0.2, 0.25) is 5.76 Å². The molecule has 0 aliphatic heterocycles. The number of hydrogen-bond donors (Lipinski definition) is 1. The van der Waals surface area contributed by atoms with Crippen LogP contribution in [0.3, 0.4) is 0 Å². The maximum atomic E-state index is 13.0. The SMILES string of the molecule is CCCCCCOC(=O)c1cc(=O)c2cccc(NC(=O)c3ccc(OCCCCc4ccccc4)cc3)c2o1. The third kappa shape index (κ3) is 8.06. The zero-order valence-corrected chi connectivity index (χ0v) is 22.8. The molecule has 0 saturated heterocycles. The van der Waals surface area contributed by atoms with Crippen molar-refractivity contribution in [2.45, 2.75) is 51.9 Å². The fraction of sp³-hybridized carbons (Fsp3) is 0.303. The van der Waals surface area contributed by atoms with Gasteiger partial charge in [-0.1, -0.05) is 62.6 Å². The van der Waals surface area contributed by atoms with Gasteiger partial charge in [-0.15, -0.1) is 0 Å². The van der Waals surface area contributed by atoms with Crippen molar-refractivity contribution in [3.05, 3.63) is 106 Å². The van der Waals surface area contributed by atoms with Crippen LogP contribution < -0.4 is 15.5 Å². The standard InChI is InChI=1S/C33H35NO6/c1-2-3-4-9-22-39-33(37)30-23-29(35)27-15-11-16-28(31(27)40-30)34-32(36)25-17-19-26(20-18-25)38-21-10-8-14-24-12-6-5-7-13-24/h5-7,11-13,15-20,23H,2-4,8-10,14,21-22H2,1H3,(H,34,36). The highest BCUT2D eigenvalue weighted by Gasteiger charge is 2.17.